The van der Waals surface area contributed by atoms with Crippen LogP contribution in [-0.4, -0.2) is 0 Å². The van der Waals surface area contributed by atoms with Crippen LogP contribution >= 0.6 is 0 Å². The van der Waals surface area contributed by atoms with E-state index in [-0.39, 0.29) is 26.4 Å². The fourth-order valence-corrected chi connectivity index (χ4v) is 2.33. The van der Waals surface area contributed by atoms with Crippen LogP contribution in [0.1, 0.15) is 23.0 Å². The summed E-state index contributed by atoms with van der Waals surface area (Å²) in [5.41, 5.74) is 1.62. The zero-order chi connectivity index (χ0) is 18.8. The molecule has 0 aliphatic rings. The lowest BCUT2D eigenvalue weighted by molar-refractivity contribution is 0.184. The first-order valence-corrected chi connectivity index (χ1v) is 7.87. The predicted molar refractivity (Wildman–Crippen MR) is 96.4 cm³/mol. The molecular weight excluding hydrogens is 336 g/mol. The molecule has 2 heterocycles. The van der Waals surface area contributed by atoms with Gasteiger partial charge in [-0.3, -0.25) is 0 Å². The molecule has 0 saturated heterocycles. The van der Waals surface area contributed by atoms with Gasteiger partial charge in [-0.2, -0.15) is 0 Å². The van der Waals surface area contributed by atoms with Crippen LogP contribution in [0.2, 0.25) is 0 Å². The SMILES string of the molecule is C=COCc1cc(-c2cc(COC=C)oc2COC=C)c(COC=C)o1. The molecule has 2 rings (SSSR count). The summed E-state index contributed by atoms with van der Waals surface area (Å²) >= 11 is 0. The third-order valence-electron chi connectivity index (χ3n) is 3.36. The van der Waals surface area contributed by atoms with Gasteiger partial charge in [-0.15, -0.1) is 0 Å². The minimum atomic E-state index is 0.221. The maximum Gasteiger partial charge on any atom is 0.149 e. The minimum Gasteiger partial charge on any atom is -0.494 e. The minimum absolute atomic E-state index is 0.221. The molecule has 0 saturated carbocycles. The molecule has 0 radical (unpaired) electrons. The zero-order valence-electron chi connectivity index (χ0n) is 14.6. The highest BCUT2D eigenvalue weighted by Gasteiger charge is 2.21. The number of hydrogen-bond donors (Lipinski definition) is 0. The van der Waals surface area contributed by atoms with E-state index in [1.807, 2.05) is 12.1 Å². The summed E-state index contributed by atoms with van der Waals surface area (Å²) < 4.78 is 32.6. The van der Waals surface area contributed by atoms with Crippen LogP contribution in [0, 0.1) is 0 Å². The molecule has 0 N–H and O–H groups in total. The van der Waals surface area contributed by atoms with Crippen LogP contribution in [0.3, 0.4) is 0 Å². The van der Waals surface area contributed by atoms with Crippen LogP contribution in [0.5, 0.6) is 0 Å². The van der Waals surface area contributed by atoms with Crippen molar-refractivity contribution < 1.29 is 27.8 Å². The lowest BCUT2D eigenvalue weighted by Gasteiger charge is -2.03. The first kappa shape index (κ1) is 19.1. The summed E-state index contributed by atoms with van der Waals surface area (Å²) in [5, 5.41) is 0. The molecule has 0 amide bonds. The quantitative estimate of drug-likeness (QED) is 0.460. The maximum absolute atomic E-state index is 5.83. The Morgan fingerprint density at radius 1 is 0.615 bits per heavy atom. The molecule has 2 aromatic rings. The Labute approximate surface area is 152 Å². The highest BCUT2D eigenvalue weighted by atomic mass is 16.5. The molecule has 26 heavy (non-hydrogen) atoms. The highest BCUT2D eigenvalue weighted by Crippen LogP contribution is 2.34. The van der Waals surface area contributed by atoms with Crippen molar-refractivity contribution in [3.63, 3.8) is 0 Å². The number of hydrogen-bond acceptors (Lipinski definition) is 6. The van der Waals surface area contributed by atoms with E-state index in [2.05, 4.69) is 26.3 Å². The van der Waals surface area contributed by atoms with Gasteiger partial charge in [0.1, 0.15) is 49.5 Å². The van der Waals surface area contributed by atoms with Gasteiger partial charge in [-0.25, -0.2) is 0 Å². The summed E-state index contributed by atoms with van der Waals surface area (Å²) in [7, 11) is 0. The molecule has 0 aromatic carbocycles. The lowest BCUT2D eigenvalue weighted by Crippen LogP contribution is -1.90. The standard InChI is InChI=1S/C20H22O6/c1-5-21-11-15-9-17(19(25-15)13-23-7-3)18-10-16(12-22-6-2)26-20(18)14-24-8-4/h5-10H,1-4,11-14H2. The Bertz CT molecular complexity index is 688. The first-order chi connectivity index (χ1) is 12.7. The highest BCUT2D eigenvalue weighted by molar-refractivity contribution is 5.68. The molecule has 138 valence electrons. The molecule has 2 aromatic heterocycles. The van der Waals surface area contributed by atoms with Crippen molar-refractivity contribution in [1.29, 1.82) is 0 Å². The van der Waals surface area contributed by atoms with Crippen molar-refractivity contribution >= 4 is 0 Å². The van der Waals surface area contributed by atoms with E-state index in [0.29, 0.717) is 23.0 Å². The molecule has 6 nitrogen and oxygen atoms in total. The van der Waals surface area contributed by atoms with Crippen LogP contribution in [0.4, 0.5) is 0 Å². The van der Waals surface area contributed by atoms with Gasteiger partial charge in [0.05, 0.1) is 25.0 Å². The average molecular weight is 358 g/mol. The largest absolute Gasteiger partial charge is 0.494 e. The van der Waals surface area contributed by atoms with E-state index in [1.165, 1.54) is 25.0 Å². The fourth-order valence-electron chi connectivity index (χ4n) is 2.33. The second-order valence-electron chi connectivity index (χ2n) is 5.01. The molecule has 0 aliphatic carbocycles. The van der Waals surface area contributed by atoms with Crippen molar-refractivity contribution in [2.24, 2.45) is 0 Å². The van der Waals surface area contributed by atoms with Crippen LogP contribution < -0.4 is 0 Å². The van der Waals surface area contributed by atoms with E-state index in [4.69, 9.17) is 27.8 Å². The van der Waals surface area contributed by atoms with Gasteiger partial charge in [-0.1, -0.05) is 26.3 Å². The molecule has 6 heteroatoms. The van der Waals surface area contributed by atoms with Crippen molar-refractivity contribution in [2.75, 3.05) is 0 Å². The Kier molecular flexibility index (Phi) is 7.24. The number of rotatable bonds is 13. The van der Waals surface area contributed by atoms with Crippen molar-refractivity contribution in [3.8, 4) is 11.1 Å². The third-order valence-corrected chi connectivity index (χ3v) is 3.36. The van der Waals surface area contributed by atoms with Crippen LogP contribution in [0.25, 0.3) is 11.1 Å². The Balaban J connectivity index is 2.41. The molecular formula is C20H22O6. The van der Waals surface area contributed by atoms with E-state index in [9.17, 15) is 0 Å². The normalized spacial score (nSPS) is 10.0. The van der Waals surface area contributed by atoms with Gasteiger partial charge >= 0.3 is 0 Å². The summed E-state index contributed by atoms with van der Waals surface area (Å²) in [6, 6.07) is 3.73. The van der Waals surface area contributed by atoms with Gasteiger partial charge in [-0.05, 0) is 12.1 Å². The van der Waals surface area contributed by atoms with Crippen LogP contribution in [-0.2, 0) is 45.4 Å². The number of furan rings is 2. The topological polar surface area (TPSA) is 63.2 Å². The van der Waals surface area contributed by atoms with Gasteiger partial charge in [0.15, 0.2) is 0 Å². The fraction of sp³-hybridized carbons (Fsp3) is 0.200. The third kappa shape index (κ3) is 4.86. The van der Waals surface area contributed by atoms with E-state index < -0.39 is 0 Å². The molecule has 0 fully saturated rings. The smallest absolute Gasteiger partial charge is 0.149 e. The summed E-state index contributed by atoms with van der Waals surface area (Å²) in [6.45, 7) is 15.1. The Morgan fingerprint density at radius 3 is 1.31 bits per heavy atom. The molecule has 0 spiro atoms. The van der Waals surface area contributed by atoms with Gasteiger partial charge < -0.3 is 27.8 Å². The van der Waals surface area contributed by atoms with E-state index in [0.717, 1.165) is 11.1 Å². The molecule has 0 atom stereocenters. The monoisotopic (exact) mass is 358 g/mol. The summed E-state index contributed by atoms with van der Waals surface area (Å²) in [5.74, 6) is 2.49. The van der Waals surface area contributed by atoms with E-state index >= 15 is 0 Å². The van der Waals surface area contributed by atoms with Gasteiger partial charge in [0.25, 0.3) is 0 Å². The van der Waals surface area contributed by atoms with Crippen molar-refractivity contribution in [2.45, 2.75) is 26.4 Å². The number of ether oxygens (including phenoxy) is 4. The van der Waals surface area contributed by atoms with Gasteiger partial charge in [0, 0.05) is 11.1 Å². The molecule has 0 aliphatic heterocycles. The maximum atomic E-state index is 5.83. The van der Waals surface area contributed by atoms with Crippen molar-refractivity contribution in [3.05, 3.63) is 86.5 Å². The Morgan fingerprint density at radius 2 is 0.962 bits per heavy atom. The Hall–Kier alpha value is -3.28. The zero-order valence-corrected chi connectivity index (χ0v) is 14.6. The van der Waals surface area contributed by atoms with Crippen LogP contribution in [0.15, 0.2) is 72.3 Å². The van der Waals surface area contributed by atoms with Crippen molar-refractivity contribution in [1.82, 2.24) is 0 Å². The second-order valence-corrected chi connectivity index (χ2v) is 5.01. The van der Waals surface area contributed by atoms with E-state index in [1.54, 1.807) is 0 Å². The average Bonchev–Trinajstić information content (AvgIpc) is 3.24. The predicted octanol–water partition coefficient (Wildman–Crippen LogP) is 5.18. The molecule has 0 bridgehead atoms. The molecule has 0 unspecified atom stereocenters. The summed E-state index contributed by atoms with van der Waals surface area (Å²) in [4.78, 5) is 0. The second kappa shape index (κ2) is 9.88. The lowest BCUT2D eigenvalue weighted by atomic mass is 10.1. The van der Waals surface area contributed by atoms with Gasteiger partial charge in [0.2, 0.25) is 0 Å². The summed E-state index contributed by atoms with van der Waals surface area (Å²) in [6.07, 6.45) is 5.42. The first-order valence-electron chi connectivity index (χ1n) is 7.87.